The fraction of sp³-hybridized carbons (Fsp3) is 0.538. The highest BCUT2D eigenvalue weighted by molar-refractivity contribution is 14.1. The Morgan fingerprint density at radius 1 is 1.31 bits per heavy atom. The van der Waals surface area contributed by atoms with Gasteiger partial charge in [0, 0.05) is 21.7 Å². The maximum absolute atomic E-state index is 5.96. The molecule has 0 saturated carbocycles. The van der Waals surface area contributed by atoms with Gasteiger partial charge in [0.05, 0.1) is 5.69 Å². The van der Waals surface area contributed by atoms with Crippen LogP contribution >= 0.6 is 34.2 Å². The fourth-order valence-corrected chi connectivity index (χ4v) is 3.17. The van der Waals surface area contributed by atoms with Crippen molar-refractivity contribution in [3.63, 3.8) is 0 Å². The minimum atomic E-state index is 0.425. The van der Waals surface area contributed by atoms with Crippen LogP contribution in [0.25, 0.3) is 0 Å². The fourth-order valence-electron chi connectivity index (χ4n) is 1.96. The SMILES string of the molecule is CC(C)(C)C1CN(c2ccc(Cl)cc2I)C1. The molecule has 1 aromatic rings. The van der Waals surface area contributed by atoms with Crippen molar-refractivity contribution >= 4 is 39.9 Å². The summed E-state index contributed by atoms with van der Waals surface area (Å²) in [6, 6.07) is 6.13. The third-order valence-corrected chi connectivity index (χ3v) is 4.46. The summed E-state index contributed by atoms with van der Waals surface area (Å²) in [5.74, 6) is 0.805. The molecule has 0 aliphatic carbocycles. The molecular formula is C13H17ClIN. The zero-order valence-electron chi connectivity index (χ0n) is 9.93. The molecule has 1 nitrogen and oxygen atoms in total. The van der Waals surface area contributed by atoms with Gasteiger partial charge in [0.15, 0.2) is 0 Å². The van der Waals surface area contributed by atoms with Crippen LogP contribution in [0.2, 0.25) is 5.02 Å². The molecule has 88 valence electrons. The topological polar surface area (TPSA) is 3.24 Å². The second kappa shape index (κ2) is 4.37. The quantitative estimate of drug-likeness (QED) is 0.678. The van der Waals surface area contributed by atoms with Gasteiger partial charge in [0.25, 0.3) is 0 Å². The first kappa shape index (κ1) is 12.5. The maximum Gasteiger partial charge on any atom is 0.0503 e. The van der Waals surface area contributed by atoms with E-state index >= 15 is 0 Å². The minimum absolute atomic E-state index is 0.425. The van der Waals surface area contributed by atoms with Gasteiger partial charge in [-0.3, -0.25) is 0 Å². The Labute approximate surface area is 116 Å². The van der Waals surface area contributed by atoms with Gasteiger partial charge < -0.3 is 4.90 Å². The first-order valence-corrected chi connectivity index (χ1v) is 7.03. The number of anilines is 1. The van der Waals surface area contributed by atoms with E-state index < -0.39 is 0 Å². The number of benzene rings is 1. The summed E-state index contributed by atoms with van der Waals surface area (Å²) < 4.78 is 1.25. The third-order valence-electron chi connectivity index (χ3n) is 3.36. The highest BCUT2D eigenvalue weighted by atomic mass is 127. The van der Waals surface area contributed by atoms with Crippen molar-refractivity contribution in [2.45, 2.75) is 20.8 Å². The Kier molecular flexibility index (Phi) is 3.41. The van der Waals surface area contributed by atoms with Crippen LogP contribution in [0, 0.1) is 14.9 Å². The van der Waals surface area contributed by atoms with E-state index in [1.54, 1.807) is 0 Å². The molecule has 1 heterocycles. The van der Waals surface area contributed by atoms with Crippen LogP contribution in [-0.2, 0) is 0 Å². The van der Waals surface area contributed by atoms with Gasteiger partial charge >= 0.3 is 0 Å². The number of nitrogens with zero attached hydrogens (tertiary/aromatic N) is 1. The highest BCUT2D eigenvalue weighted by Gasteiger charge is 2.36. The minimum Gasteiger partial charge on any atom is -0.370 e. The molecule has 0 aromatic heterocycles. The van der Waals surface area contributed by atoms with Gasteiger partial charge in [-0.05, 0) is 52.1 Å². The number of rotatable bonds is 1. The van der Waals surface area contributed by atoms with Gasteiger partial charge in [-0.15, -0.1) is 0 Å². The van der Waals surface area contributed by atoms with Gasteiger partial charge in [-0.1, -0.05) is 32.4 Å². The lowest BCUT2D eigenvalue weighted by molar-refractivity contribution is 0.195. The molecule has 0 bridgehead atoms. The molecule has 0 atom stereocenters. The summed E-state index contributed by atoms with van der Waals surface area (Å²) in [5, 5.41) is 0.820. The van der Waals surface area contributed by atoms with E-state index in [-0.39, 0.29) is 0 Å². The molecule has 0 N–H and O–H groups in total. The van der Waals surface area contributed by atoms with E-state index in [4.69, 9.17) is 11.6 Å². The van der Waals surface area contributed by atoms with Gasteiger partial charge in [-0.2, -0.15) is 0 Å². The van der Waals surface area contributed by atoms with Crippen molar-refractivity contribution in [1.29, 1.82) is 0 Å². The molecular weight excluding hydrogens is 333 g/mol. The van der Waals surface area contributed by atoms with Gasteiger partial charge in [0.1, 0.15) is 0 Å². The Hall–Kier alpha value is 0.0400. The smallest absolute Gasteiger partial charge is 0.0503 e. The number of hydrogen-bond acceptors (Lipinski definition) is 1. The summed E-state index contributed by atoms with van der Waals surface area (Å²) in [6.07, 6.45) is 0. The van der Waals surface area contributed by atoms with Crippen molar-refractivity contribution in [3.8, 4) is 0 Å². The van der Waals surface area contributed by atoms with Crippen LogP contribution in [0.15, 0.2) is 18.2 Å². The molecule has 2 rings (SSSR count). The Morgan fingerprint density at radius 3 is 2.44 bits per heavy atom. The Bertz CT molecular complexity index is 391. The molecule has 0 amide bonds. The second-order valence-corrected chi connectivity index (χ2v) is 7.16. The number of hydrogen-bond donors (Lipinski definition) is 0. The van der Waals surface area contributed by atoms with Crippen LogP contribution in [0.1, 0.15) is 20.8 Å². The van der Waals surface area contributed by atoms with Crippen molar-refractivity contribution in [1.82, 2.24) is 0 Å². The zero-order valence-corrected chi connectivity index (χ0v) is 12.8. The monoisotopic (exact) mass is 349 g/mol. The Balaban J connectivity index is 2.07. The Morgan fingerprint density at radius 2 is 1.94 bits per heavy atom. The van der Waals surface area contributed by atoms with Gasteiger partial charge in [0.2, 0.25) is 0 Å². The first-order chi connectivity index (χ1) is 7.38. The summed E-state index contributed by atoms with van der Waals surface area (Å²) in [7, 11) is 0. The normalized spacial score (nSPS) is 17.4. The highest BCUT2D eigenvalue weighted by Crippen LogP contribution is 2.38. The van der Waals surface area contributed by atoms with Crippen LogP contribution in [0.5, 0.6) is 0 Å². The predicted octanol–water partition coefficient (Wildman–Crippen LogP) is 4.43. The second-order valence-electron chi connectivity index (χ2n) is 5.56. The van der Waals surface area contributed by atoms with Crippen LogP contribution in [0.3, 0.4) is 0 Å². The van der Waals surface area contributed by atoms with Crippen molar-refractivity contribution < 1.29 is 0 Å². The average molecular weight is 350 g/mol. The molecule has 0 unspecified atom stereocenters. The summed E-state index contributed by atoms with van der Waals surface area (Å²) in [5.41, 5.74) is 1.75. The number of halogens is 2. The van der Waals surface area contributed by atoms with E-state index in [1.165, 1.54) is 22.3 Å². The van der Waals surface area contributed by atoms with Gasteiger partial charge in [-0.25, -0.2) is 0 Å². The summed E-state index contributed by atoms with van der Waals surface area (Å²) in [4.78, 5) is 2.44. The van der Waals surface area contributed by atoms with Crippen LogP contribution < -0.4 is 4.90 Å². The molecule has 1 aliphatic rings. The van der Waals surface area contributed by atoms with E-state index in [2.05, 4.69) is 54.3 Å². The van der Waals surface area contributed by atoms with Crippen molar-refractivity contribution in [2.75, 3.05) is 18.0 Å². The zero-order chi connectivity index (χ0) is 11.9. The first-order valence-electron chi connectivity index (χ1n) is 5.58. The molecule has 1 saturated heterocycles. The average Bonchev–Trinajstić information content (AvgIpc) is 2.03. The molecule has 16 heavy (non-hydrogen) atoms. The van der Waals surface area contributed by atoms with Crippen molar-refractivity contribution in [3.05, 3.63) is 26.8 Å². The molecule has 1 fully saturated rings. The maximum atomic E-state index is 5.96. The molecule has 1 aliphatic heterocycles. The van der Waals surface area contributed by atoms with E-state index in [0.717, 1.165) is 10.9 Å². The molecule has 0 radical (unpaired) electrons. The summed E-state index contributed by atoms with van der Waals surface area (Å²) in [6.45, 7) is 9.30. The lowest BCUT2D eigenvalue weighted by Gasteiger charge is -2.48. The van der Waals surface area contributed by atoms with Crippen LogP contribution in [0.4, 0.5) is 5.69 Å². The predicted molar refractivity (Wildman–Crippen MR) is 79.3 cm³/mol. The van der Waals surface area contributed by atoms with E-state index in [0.29, 0.717) is 5.41 Å². The largest absolute Gasteiger partial charge is 0.370 e. The van der Waals surface area contributed by atoms with E-state index in [9.17, 15) is 0 Å². The molecule has 3 heteroatoms. The molecule has 1 aromatic carbocycles. The summed E-state index contributed by atoms with van der Waals surface area (Å²) >= 11 is 8.32. The standard InChI is InChI=1S/C13H17ClIN/c1-13(2,3)9-7-16(8-9)12-5-4-10(14)6-11(12)15/h4-6,9H,7-8H2,1-3H3. The molecule has 0 spiro atoms. The third kappa shape index (κ3) is 2.48. The van der Waals surface area contributed by atoms with Crippen molar-refractivity contribution in [2.24, 2.45) is 11.3 Å². The lowest BCUT2D eigenvalue weighted by Crippen LogP contribution is -2.52. The van der Waals surface area contributed by atoms with Crippen LogP contribution in [-0.4, -0.2) is 13.1 Å². The van der Waals surface area contributed by atoms with E-state index in [1.807, 2.05) is 12.1 Å². The lowest BCUT2D eigenvalue weighted by atomic mass is 9.76.